The molecule has 1 amide bonds. The number of halogens is 5. The largest absolute Gasteiger partial charge is 0.454 e. The van der Waals surface area contributed by atoms with Crippen molar-refractivity contribution in [3.05, 3.63) is 63.6 Å². The second kappa shape index (κ2) is 9.32. The highest BCUT2D eigenvalue weighted by molar-refractivity contribution is 6.33. The van der Waals surface area contributed by atoms with E-state index in [2.05, 4.69) is 5.32 Å². The van der Waals surface area contributed by atoms with E-state index in [1.165, 1.54) is 37.3 Å². The van der Waals surface area contributed by atoms with Crippen molar-refractivity contribution in [2.45, 2.75) is 50.8 Å². The first kappa shape index (κ1) is 24.4. The number of amides is 1. The van der Waals surface area contributed by atoms with Gasteiger partial charge in [-0.3, -0.25) is 9.59 Å². The number of hydrogen-bond acceptors (Lipinski definition) is 3. The molecule has 32 heavy (non-hydrogen) atoms. The second-order valence-corrected chi connectivity index (χ2v) is 8.83. The molecule has 0 spiro atoms. The second-order valence-electron chi connectivity index (χ2n) is 7.98. The number of carbonyl (C=O) groups is 2. The highest BCUT2D eigenvalue weighted by Crippen LogP contribution is 2.46. The van der Waals surface area contributed by atoms with E-state index in [4.69, 9.17) is 27.9 Å². The Morgan fingerprint density at radius 3 is 2.22 bits per heavy atom. The smallest absolute Gasteiger partial charge is 0.392 e. The van der Waals surface area contributed by atoms with Crippen LogP contribution in [-0.2, 0) is 19.9 Å². The molecule has 1 aliphatic rings. The predicted molar refractivity (Wildman–Crippen MR) is 117 cm³/mol. The van der Waals surface area contributed by atoms with Crippen LogP contribution < -0.4 is 5.32 Å². The summed E-state index contributed by atoms with van der Waals surface area (Å²) in [7, 11) is 0. The molecule has 1 N–H and O–H groups in total. The fourth-order valence-corrected chi connectivity index (χ4v) is 4.15. The van der Waals surface area contributed by atoms with E-state index in [1.54, 1.807) is 12.1 Å². The highest BCUT2D eigenvalue weighted by atomic mass is 35.5. The van der Waals surface area contributed by atoms with Crippen molar-refractivity contribution in [1.29, 1.82) is 0 Å². The molecule has 0 bridgehead atoms. The van der Waals surface area contributed by atoms with Gasteiger partial charge in [-0.05, 0) is 54.7 Å². The van der Waals surface area contributed by atoms with E-state index < -0.39 is 35.5 Å². The van der Waals surface area contributed by atoms with Crippen LogP contribution in [0.2, 0.25) is 10.0 Å². The van der Waals surface area contributed by atoms with Crippen molar-refractivity contribution in [2.75, 3.05) is 5.32 Å². The van der Waals surface area contributed by atoms with Gasteiger partial charge in [-0.15, -0.1) is 0 Å². The molecule has 0 radical (unpaired) electrons. The number of alkyl halides is 3. The van der Waals surface area contributed by atoms with Crippen LogP contribution in [0.1, 0.15) is 50.2 Å². The van der Waals surface area contributed by atoms with Gasteiger partial charge in [0.15, 0.2) is 0 Å². The molecule has 172 valence electrons. The maximum Gasteiger partial charge on any atom is 0.392 e. The van der Waals surface area contributed by atoms with Crippen LogP contribution in [0.4, 0.5) is 18.9 Å². The summed E-state index contributed by atoms with van der Waals surface area (Å²) in [5.74, 6) is -4.76. The Kier molecular flexibility index (Phi) is 7.10. The maximum absolute atomic E-state index is 13.6. The molecule has 2 atom stereocenters. The molecular formula is C23H22Cl2F3NO3. The van der Waals surface area contributed by atoms with Gasteiger partial charge < -0.3 is 10.1 Å². The lowest BCUT2D eigenvalue weighted by atomic mass is 9.74. The summed E-state index contributed by atoms with van der Waals surface area (Å²) in [6.45, 7) is 2.27. The number of esters is 1. The van der Waals surface area contributed by atoms with Crippen molar-refractivity contribution in [1.82, 2.24) is 0 Å². The summed E-state index contributed by atoms with van der Waals surface area (Å²) in [4.78, 5) is 24.6. The molecule has 0 aromatic heterocycles. The van der Waals surface area contributed by atoms with E-state index in [-0.39, 0.29) is 16.3 Å². The van der Waals surface area contributed by atoms with Gasteiger partial charge in [-0.25, -0.2) is 0 Å². The fraction of sp³-hybridized carbons (Fsp3) is 0.391. The Bertz CT molecular complexity index is 1000. The van der Waals surface area contributed by atoms with Crippen LogP contribution >= 0.6 is 23.2 Å². The molecule has 0 unspecified atom stereocenters. The lowest BCUT2D eigenvalue weighted by Gasteiger charge is -2.41. The summed E-state index contributed by atoms with van der Waals surface area (Å²) in [5.41, 5.74) is 0.149. The Morgan fingerprint density at radius 2 is 1.72 bits per heavy atom. The maximum atomic E-state index is 13.6. The van der Waals surface area contributed by atoms with Crippen LogP contribution in [0.3, 0.4) is 0 Å². The Balaban J connectivity index is 1.94. The van der Waals surface area contributed by atoms with Gasteiger partial charge in [0.1, 0.15) is 5.60 Å². The van der Waals surface area contributed by atoms with E-state index >= 15 is 0 Å². The zero-order valence-electron chi connectivity index (χ0n) is 17.4. The molecule has 2 aromatic rings. The minimum absolute atomic E-state index is 0.154. The lowest BCUT2D eigenvalue weighted by Crippen LogP contribution is -2.38. The summed E-state index contributed by atoms with van der Waals surface area (Å²) >= 11 is 12.1. The van der Waals surface area contributed by atoms with Crippen molar-refractivity contribution < 1.29 is 27.5 Å². The monoisotopic (exact) mass is 487 g/mol. The summed E-state index contributed by atoms with van der Waals surface area (Å²) in [5, 5.41) is 3.05. The Hall–Kier alpha value is -2.25. The van der Waals surface area contributed by atoms with E-state index in [0.29, 0.717) is 23.4 Å². The molecule has 0 heterocycles. The first-order valence-corrected chi connectivity index (χ1v) is 10.8. The zero-order valence-corrected chi connectivity index (χ0v) is 18.9. The fourth-order valence-electron chi connectivity index (χ4n) is 3.86. The molecule has 3 rings (SSSR count). The number of carbonyl (C=O) groups excluding carboxylic acids is 2. The summed E-state index contributed by atoms with van der Waals surface area (Å²) < 4.78 is 46.2. The van der Waals surface area contributed by atoms with Crippen molar-refractivity contribution in [2.24, 2.45) is 5.92 Å². The van der Waals surface area contributed by atoms with Crippen LogP contribution in [-0.4, -0.2) is 18.1 Å². The van der Waals surface area contributed by atoms with Crippen LogP contribution in [0.25, 0.3) is 0 Å². The predicted octanol–water partition coefficient (Wildman–Crippen LogP) is 6.86. The average Bonchev–Trinajstić information content (AvgIpc) is 2.67. The number of rotatable bonds is 6. The zero-order chi connectivity index (χ0) is 23.7. The third kappa shape index (κ3) is 5.21. The first-order valence-electron chi connectivity index (χ1n) is 10.1. The number of nitrogens with one attached hydrogen (secondary N) is 1. The minimum atomic E-state index is -4.60. The van der Waals surface area contributed by atoms with Crippen molar-refractivity contribution in [3.8, 4) is 0 Å². The molecule has 0 aliphatic heterocycles. The Morgan fingerprint density at radius 1 is 1.09 bits per heavy atom. The molecular weight excluding hydrogens is 466 g/mol. The SMILES string of the molecule is CC(=O)OC1(c2ccc(Cl)c(NC(=O)[C@H](c3ccc(Cl)cc3)[C@@H](C)C(F)(F)F)c2)CCC1. The summed E-state index contributed by atoms with van der Waals surface area (Å²) in [6, 6.07) is 10.4. The van der Waals surface area contributed by atoms with Crippen LogP contribution in [0.15, 0.2) is 42.5 Å². The molecule has 4 nitrogen and oxygen atoms in total. The molecule has 0 saturated heterocycles. The third-order valence-electron chi connectivity index (χ3n) is 5.78. The van der Waals surface area contributed by atoms with Gasteiger partial charge >= 0.3 is 12.1 Å². The molecule has 1 saturated carbocycles. The average molecular weight is 488 g/mol. The van der Waals surface area contributed by atoms with Crippen LogP contribution in [0, 0.1) is 5.92 Å². The van der Waals surface area contributed by atoms with Crippen molar-refractivity contribution >= 4 is 40.8 Å². The minimum Gasteiger partial charge on any atom is -0.454 e. The number of hydrogen-bond donors (Lipinski definition) is 1. The van der Waals surface area contributed by atoms with E-state index in [1.807, 2.05) is 0 Å². The molecule has 2 aromatic carbocycles. The quantitative estimate of drug-likeness (QED) is 0.453. The van der Waals surface area contributed by atoms with Gasteiger partial charge in [-0.1, -0.05) is 48.3 Å². The van der Waals surface area contributed by atoms with Gasteiger partial charge in [0.05, 0.1) is 22.5 Å². The normalized spacial score (nSPS) is 17.1. The topological polar surface area (TPSA) is 55.4 Å². The van der Waals surface area contributed by atoms with Crippen molar-refractivity contribution in [3.63, 3.8) is 0 Å². The summed E-state index contributed by atoms with van der Waals surface area (Å²) in [6.07, 6.45) is -2.52. The number of benzene rings is 2. The van der Waals surface area contributed by atoms with Gasteiger partial charge in [0.2, 0.25) is 5.91 Å². The number of ether oxygens (including phenoxy) is 1. The number of anilines is 1. The highest BCUT2D eigenvalue weighted by Gasteiger charge is 2.45. The molecule has 1 aliphatic carbocycles. The molecule has 9 heteroatoms. The third-order valence-corrected chi connectivity index (χ3v) is 6.36. The Labute approximate surface area is 194 Å². The first-order chi connectivity index (χ1) is 14.9. The van der Waals surface area contributed by atoms with E-state index in [0.717, 1.165) is 13.3 Å². The van der Waals surface area contributed by atoms with Crippen LogP contribution in [0.5, 0.6) is 0 Å². The van der Waals surface area contributed by atoms with Gasteiger partial charge in [-0.2, -0.15) is 13.2 Å². The van der Waals surface area contributed by atoms with E-state index in [9.17, 15) is 22.8 Å². The van der Waals surface area contributed by atoms with Gasteiger partial charge in [0.25, 0.3) is 0 Å². The lowest BCUT2D eigenvalue weighted by molar-refractivity contribution is -0.178. The molecule has 1 fully saturated rings. The standard InChI is InChI=1S/C23H22Cl2F3NO3/c1-13(23(26,27)28)20(15-4-7-17(24)8-5-15)21(31)29-19-12-16(6-9-18(19)25)22(10-3-11-22)32-14(2)30/h4-9,12-13,20H,3,10-11H2,1-2H3,(H,29,31)/t13-,20+/m1/s1. The van der Waals surface area contributed by atoms with Gasteiger partial charge in [0, 0.05) is 11.9 Å².